The Morgan fingerprint density at radius 3 is 1.59 bits per heavy atom. The molecule has 0 bridgehead atoms. The van der Waals surface area contributed by atoms with Gasteiger partial charge in [0.1, 0.15) is 0 Å². The standard InChI is InChI=1S/C26H52O3/c1-3-5-20-24-28-26(29-25-21-6-4-2)22-18-16-14-12-10-8-7-9-11-13-15-17-19-23-27/h15,17,26-27H,3-14,16,18-25H2,1-2H3/b17-15-. The van der Waals surface area contributed by atoms with Crippen LogP contribution in [-0.2, 0) is 9.47 Å². The molecule has 0 spiro atoms. The number of hydrogen-bond donors (Lipinski definition) is 1. The third-order valence-corrected chi connectivity index (χ3v) is 5.38. The zero-order valence-corrected chi connectivity index (χ0v) is 19.8. The zero-order valence-electron chi connectivity index (χ0n) is 19.8. The highest BCUT2D eigenvalue weighted by Gasteiger charge is 2.09. The summed E-state index contributed by atoms with van der Waals surface area (Å²) in [6, 6.07) is 0. The van der Waals surface area contributed by atoms with Crippen LogP contribution < -0.4 is 0 Å². The van der Waals surface area contributed by atoms with Gasteiger partial charge in [-0.15, -0.1) is 0 Å². The largest absolute Gasteiger partial charge is 0.396 e. The first-order valence-electron chi connectivity index (χ1n) is 12.8. The van der Waals surface area contributed by atoms with Crippen molar-refractivity contribution < 1.29 is 14.6 Å². The normalized spacial score (nSPS) is 11.9. The fourth-order valence-corrected chi connectivity index (χ4v) is 3.47. The summed E-state index contributed by atoms with van der Waals surface area (Å²) < 4.78 is 12.0. The van der Waals surface area contributed by atoms with E-state index in [2.05, 4.69) is 26.0 Å². The molecule has 29 heavy (non-hydrogen) atoms. The first-order valence-corrected chi connectivity index (χ1v) is 12.8. The maximum atomic E-state index is 8.71. The van der Waals surface area contributed by atoms with Gasteiger partial charge in [0.2, 0.25) is 0 Å². The molecular weight excluding hydrogens is 360 g/mol. The van der Waals surface area contributed by atoms with Gasteiger partial charge in [0.25, 0.3) is 0 Å². The summed E-state index contributed by atoms with van der Waals surface area (Å²) in [5.74, 6) is 0. The molecule has 3 heteroatoms. The molecule has 3 nitrogen and oxygen atoms in total. The highest BCUT2D eigenvalue weighted by Crippen LogP contribution is 2.14. The molecule has 0 saturated carbocycles. The van der Waals surface area contributed by atoms with Gasteiger partial charge in [-0.05, 0) is 44.9 Å². The van der Waals surface area contributed by atoms with Crippen molar-refractivity contribution in [3.05, 3.63) is 12.2 Å². The Hall–Kier alpha value is -0.380. The molecule has 0 heterocycles. The van der Waals surface area contributed by atoms with E-state index in [1.54, 1.807) is 0 Å². The molecule has 0 aromatic heterocycles. The van der Waals surface area contributed by atoms with Gasteiger partial charge in [-0.3, -0.25) is 0 Å². The van der Waals surface area contributed by atoms with Crippen molar-refractivity contribution in [3.63, 3.8) is 0 Å². The van der Waals surface area contributed by atoms with Crippen LogP contribution in [0, 0.1) is 0 Å². The third-order valence-electron chi connectivity index (χ3n) is 5.38. The van der Waals surface area contributed by atoms with Crippen LogP contribution in [0.1, 0.15) is 129 Å². The Labute approximate surface area is 182 Å². The fraction of sp³-hybridized carbons (Fsp3) is 0.923. The van der Waals surface area contributed by atoms with E-state index in [1.165, 1.54) is 89.9 Å². The lowest BCUT2D eigenvalue weighted by atomic mass is 10.1. The second-order valence-corrected chi connectivity index (χ2v) is 8.33. The Kier molecular flexibility index (Phi) is 25.3. The average Bonchev–Trinajstić information content (AvgIpc) is 2.73. The van der Waals surface area contributed by atoms with Gasteiger partial charge in [-0.1, -0.05) is 96.6 Å². The van der Waals surface area contributed by atoms with Crippen LogP contribution in [0.15, 0.2) is 12.2 Å². The van der Waals surface area contributed by atoms with E-state index in [-0.39, 0.29) is 12.9 Å². The minimum atomic E-state index is 0.0233. The molecule has 0 rings (SSSR count). The molecule has 0 aromatic carbocycles. The minimum absolute atomic E-state index is 0.0233. The summed E-state index contributed by atoms with van der Waals surface area (Å²) >= 11 is 0. The maximum absolute atomic E-state index is 8.71. The quantitative estimate of drug-likeness (QED) is 0.0992. The van der Waals surface area contributed by atoms with Gasteiger partial charge >= 0.3 is 0 Å². The second-order valence-electron chi connectivity index (χ2n) is 8.33. The van der Waals surface area contributed by atoms with Crippen LogP contribution in [0.25, 0.3) is 0 Å². The van der Waals surface area contributed by atoms with E-state index < -0.39 is 0 Å². The van der Waals surface area contributed by atoms with Gasteiger partial charge in [0.05, 0.1) is 0 Å². The summed E-state index contributed by atoms with van der Waals surface area (Å²) in [6.07, 6.45) is 26.7. The molecule has 0 aromatic rings. The lowest BCUT2D eigenvalue weighted by molar-refractivity contribution is -0.148. The van der Waals surface area contributed by atoms with Crippen molar-refractivity contribution in [1.82, 2.24) is 0 Å². The number of unbranched alkanes of at least 4 members (excludes halogenated alkanes) is 13. The molecular formula is C26H52O3. The van der Waals surface area contributed by atoms with Crippen LogP contribution >= 0.6 is 0 Å². The van der Waals surface area contributed by atoms with E-state index >= 15 is 0 Å². The molecule has 0 aliphatic carbocycles. The molecule has 0 radical (unpaired) electrons. The SMILES string of the molecule is CCCCCOC(CCCCCCCCCCC/C=C\CCO)OCCCCC. The number of aliphatic hydroxyl groups is 1. The van der Waals surface area contributed by atoms with Gasteiger partial charge in [-0.2, -0.15) is 0 Å². The molecule has 174 valence electrons. The second kappa shape index (κ2) is 25.7. The fourth-order valence-electron chi connectivity index (χ4n) is 3.47. The summed E-state index contributed by atoms with van der Waals surface area (Å²) in [4.78, 5) is 0. The van der Waals surface area contributed by atoms with Crippen molar-refractivity contribution in [2.45, 2.75) is 136 Å². The highest BCUT2D eigenvalue weighted by atomic mass is 16.7. The smallest absolute Gasteiger partial charge is 0.157 e. The zero-order chi connectivity index (χ0) is 21.3. The molecule has 0 amide bonds. The predicted octanol–water partition coefficient (Wildman–Crippen LogP) is 7.96. The minimum Gasteiger partial charge on any atom is -0.396 e. The van der Waals surface area contributed by atoms with Gasteiger partial charge in [-0.25, -0.2) is 0 Å². The number of rotatable bonds is 24. The number of hydrogen-bond acceptors (Lipinski definition) is 3. The molecule has 0 fully saturated rings. The predicted molar refractivity (Wildman–Crippen MR) is 126 cm³/mol. The Balaban J connectivity index is 3.54. The van der Waals surface area contributed by atoms with Crippen molar-refractivity contribution in [2.24, 2.45) is 0 Å². The summed E-state index contributed by atoms with van der Waals surface area (Å²) in [7, 11) is 0. The van der Waals surface area contributed by atoms with Crippen molar-refractivity contribution in [1.29, 1.82) is 0 Å². The van der Waals surface area contributed by atoms with Gasteiger partial charge in [0, 0.05) is 19.8 Å². The first-order chi connectivity index (χ1) is 14.3. The topological polar surface area (TPSA) is 38.7 Å². The number of aliphatic hydroxyl groups excluding tert-OH is 1. The Morgan fingerprint density at radius 2 is 1.07 bits per heavy atom. The lowest BCUT2D eigenvalue weighted by Gasteiger charge is -2.18. The Bertz CT molecular complexity index is 305. The molecule has 0 unspecified atom stereocenters. The number of ether oxygens (including phenoxy) is 2. The Morgan fingerprint density at radius 1 is 0.586 bits per heavy atom. The van der Waals surface area contributed by atoms with E-state index in [0.29, 0.717) is 0 Å². The summed E-state index contributed by atoms with van der Waals surface area (Å²) in [5.41, 5.74) is 0. The maximum Gasteiger partial charge on any atom is 0.157 e. The van der Waals surface area contributed by atoms with E-state index in [1.807, 2.05) is 0 Å². The first kappa shape index (κ1) is 28.6. The molecule has 1 N–H and O–H groups in total. The van der Waals surface area contributed by atoms with Crippen molar-refractivity contribution in [2.75, 3.05) is 19.8 Å². The van der Waals surface area contributed by atoms with Crippen LogP contribution in [0.2, 0.25) is 0 Å². The summed E-state index contributed by atoms with van der Waals surface area (Å²) in [6.45, 7) is 6.44. The van der Waals surface area contributed by atoms with Crippen molar-refractivity contribution in [3.8, 4) is 0 Å². The molecule has 0 saturated heterocycles. The summed E-state index contributed by atoms with van der Waals surface area (Å²) in [5, 5.41) is 8.71. The lowest BCUT2D eigenvalue weighted by Crippen LogP contribution is -2.19. The highest BCUT2D eigenvalue weighted by molar-refractivity contribution is 4.80. The number of allylic oxidation sites excluding steroid dienone is 1. The van der Waals surface area contributed by atoms with E-state index in [0.717, 1.165) is 38.9 Å². The van der Waals surface area contributed by atoms with Crippen LogP contribution in [0.5, 0.6) is 0 Å². The van der Waals surface area contributed by atoms with Gasteiger partial charge in [0.15, 0.2) is 6.29 Å². The van der Waals surface area contributed by atoms with E-state index in [9.17, 15) is 0 Å². The monoisotopic (exact) mass is 412 g/mol. The molecule has 0 aliphatic rings. The average molecular weight is 413 g/mol. The van der Waals surface area contributed by atoms with Crippen molar-refractivity contribution >= 4 is 0 Å². The van der Waals surface area contributed by atoms with Crippen LogP contribution in [0.4, 0.5) is 0 Å². The van der Waals surface area contributed by atoms with Crippen LogP contribution in [-0.4, -0.2) is 31.2 Å². The molecule has 0 aliphatic heterocycles. The van der Waals surface area contributed by atoms with Gasteiger partial charge < -0.3 is 14.6 Å². The third kappa shape index (κ3) is 23.8. The molecule has 0 atom stereocenters. The van der Waals surface area contributed by atoms with Crippen LogP contribution in [0.3, 0.4) is 0 Å². The van der Waals surface area contributed by atoms with E-state index in [4.69, 9.17) is 14.6 Å².